The molecule has 0 amide bonds. The van der Waals surface area contributed by atoms with Gasteiger partial charge in [-0.2, -0.15) is 0 Å². The molecule has 63 heavy (non-hydrogen) atoms. The molecule has 0 atom stereocenters. The van der Waals surface area contributed by atoms with Crippen LogP contribution in [0.2, 0.25) is 0 Å². The first kappa shape index (κ1) is 36.5. The van der Waals surface area contributed by atoms with Crippen LogP contribution in [0.1, 0.15) is 0 Å². The molecule has 0 bridgehead atoms. The maximum absolute atomic E-state index is 6.77. The summed E-state index contributed by atoms with van der Waals surface area (Å²) in [5.74, 6) is 0. The second-order valence-electron chi connectivity index (χ2n) is 16.0. The van der Waals surface area contributed by atoms with Crippen molar-refractivity contribution in [2.75, 3.05) is 4.90 Å². The summed E-state index contributed by atoms with van der Waals surface area (Å²) in [4.78, 5) is 2.36. The van der Waals surface area contributed by atoms with Gasteiger partial charge in [0.2, 0.25) is 0 Å². The van der Waals surface area contributed by atoms with Gasteiger partial charge in [0.1, 0.15) is 16.7 Å². The van der Waals surface area contributed by atoms with Crippen LogP contribution in [0, 0.1) is 0 Å². The van der Waals surface area contributed by atoms with Gasteiger partial charge in [0.25, 0.3) is 0 Å². The highest BCUT2D eigenvalue weighted by molar-refractivity contribution is 6.12. The van der Waals surface area contributed by atoms with Crippen LogP contribution in [0.5, 0.6) is 0 Å². The summed E-state index contributed by atoms with van der Waals surface area (Å²) in [6.07, 6.45) is 0. The highest BCUT2D eigenvalue weighted by Crippen LogP contribution is 2.48. The van der Waals surface area contributed by atoms with Crippen molar-refractivity contribution in [3.8, 4) is 55.6 Å². The first-order chi connectivity index (χ1) is 31.3. The number of furan rings is 2. The molecule has 12 aromatic rings. The van der Waals surface area contributed by atoms with Gasteiger partial charge in [0.05, 0.1) is 11.4 Å². The van der Waals surface area contributed by atoms with Crippen molar-refractivity contribution < 1.29 is 8.83 Å². The molecule has 0 unspecified atom stereocenters. The van der Waals surface area contributed by atoms with Gasteiger partial charge in [-0.3, -0.25) is 0 Å². The van der Waals surface area contributed by atoms with Crippen LogP contribution in [-0.2, 0) is 0 Å². The summed E-state index contributed by atoms with van der Waals surface area (Å²) in [6, 6.07) is 84.1. The average Bonchev–Trinajstić information content (AvgIpc) is 3.94. The predicted octanol–water partition coefficient (Wildman–Crippen LogP) is 17.3. The van der Waals surface area contributed by atoms with E-state index in [-0.39, 0.29) is 0 Å². The molecule has 296 valence electrons. The Labute approximate surface area is 365 Å². The average molecular weight is 806 g/mol. The zero-order valence-corrected chi connectivity index (χ0v) is 34.3. The molecule has 0 saturated heterocycles. The van der Waals surface area contributed by atoms with Gasteiger partial charge < -0.3 is 13.7 Å². The van der Waals surface area contributed by atoms with E-state index in [0.29, 0.717) is 0 Å². The maximum Gasteiger partial charge on any atom is 0.159 e. The molecule has 0 radical (unpaired) electrons. The Balaban J connectivity index is 1.05. The molecule has 0 aliphatic heterocycles. The highest BCUT2D eigenvalue weighted by Gasteiger charge is 2.24. The molecule has 12 rings (SSSR count). The molecule has 3 heteroatoms. The van der Waals surface area contributed by atoms with Gasteiger partial charge in [-0.05, 0) is 87.0 Å². The van der Waals surface area contributed by atoms with Gasteiger partial charge in [-0.1, -0.05) is 194 Å². The zero-order valence-electron chi connectivity index (χ0n) is 34.3. The summed E-state index contributed by atoms with van der Waals surface area (Å²) in [5, 5.41) is 4.40. The minimum absolute atomic E-state index is 0.834. The van der Waals surface area contributed by atoms with Crippen molar-refractivity contribution in [2.24, 2.45) is 0 Å². The number of nitrogens with zero attached hydrogens (tertiary/aromatic N) is 1. The summed E-state index contributed by atoms with van der Waals surface area (Å²) < 4.78 is 13.3. The summed E-state index contributed by atoms with van der Waals surface area (Å²) in [6.45, 7) is 0. The van der Waals surface area contributed by atoms with Crippen LogP contribution >= 0.6 is 0 Å². The van der Waals surface area contributed by atoms with Gasteiger partial charge in [-0.15, -0.1) is 0 Å². The van der Waals surface area contributed by atoms with Crippen molar-refractivity contribution in [3.63, 3.8) is 0 Å². The molecule has 3 nitrogen and oxygen atoms in total. The van der Waals surface area contributed by atoms with E-state index in [1.54, 1.807) is 0 Å². The number of rotatable bonds is 8. The highest BCUT2D eigenvalue weighted by atomic mass is 16.3. The Morgan fingerprint density at radius 2 is 0.714 bits per heavy atom. The Bertz CT molecular complexity index is 3620. The fraction of sp³-hybridized carbons (Fsp3) is 0. The number of fused-ring (bicyclic) bond motifs is 6. The van der Waals surface area contributed by atoms with Gasteiger partial charge in [-0.25, -0.2) is 0 Å². The first-order valence-electron chi connectivity index (χ1n) is 21.4. The lowest BCUT2D eigenvalue weighted by atomic mass is 9.87. The molecule has 10 aromatic carbocycles. The minimum Gasteiger partial charge on any atom is -0.455 e. The molecule has 0 saturated carbocycles. The van der Waals surface area contributed by atoms with Crippen molar-refractivity contribution in [1.82, 2.24) is 0 Å². The van der Waals surface area contributed by atoms with E-state index in [9.17, 15) is 0 Å². The fourth-order valence-corrected chi connectivity index (χ4v) is 9.38. The van der Waals surface area contributed by atoms with Crippen LogP contribution in [0.4, 0.5) is 17.1 Å². The Morgan fingerprint density at radius 1 is 0.254 bits per heavy atom. The second kappa shape index (κ2) is 15.3. The quantitative estimate of drug-likeness (QED) is 0.153. The zero-order chi connectivity index (χ0) is 41.7. The molecule has 0 N–H and O–H groups in total. The van der Waals surface area contributed by atoms with E-state index in [1.165, 1.54) is 27.8 Å². The Hall–Kier alpha value is -8.40. The molecule has 0 aliphatic rings. The molecule has 0 aliphatic carbocycles. The second-order valence-corrected chi connectivity index (χ2v) is 16.0. The van der Waals surface area contributed by atoms with Gasteiger partial charge >= 0.3 is 0 Å². The molecular formula is C60H39NO2. The number of hydrogen-bond acceptors (Lipinski definition) is 3. The predicted molar refractivity (Wildman–Crippen MR) is 263 cm³/mol. The van der Waals surface area contributed by atoms with Crippen LogP contribution < -0.4 is 4.90 Å². The van der Waals surface area contributed by atoms with E-state index in [1.807, 2.05) is 18.2 Å². The van der Waals surface area contributed by atoms with E-state index in [4.69, 9.17) is 8.83 Å². The summed E-state index contributed by atoms with van der Waals surface area (Å²) in [5.41, 5.74) is 17.9. The lowest BCUT2D eigenvalue weighted by Gasteiger charge is -2.28. The molecule has 2 heterocycles. The number of anilines is 3. The molecule has 0 fully saturated rings. The Kier molecular flexibility index (Phi) is 8.83. The van der Waals surface area contributed by atoms with E-state index in [0.717, 1.165) is 88.8 Å². The molecule has 2 aromatic heterocycles. The van der Waals surface area contributed by atoms with Crippen molar-refractivity contribution >= 4 is 60.9 Å². The van der Waals surface area contributed by atoms with Crippen molar-refractivity contribution in [2.45, 2.75) is 0 Å². The Morgan fingerprint density at radius 3 is 1.43 bits per heavy atom. The monoisotopic (exact) mass is 805 g/mol. The lowest BCUT2D eigenvalue weighted by Crippen LogP contribution is -2.11. The molecular weight excluding hydrogens is 767 g/mol. The van der Waals surface area contributed by atoms with Gasteiger partial charge in [0.15, 0.2) is 5.58 Å². The van der Waals surface area contributed by atoms with E-state index >= 15 is 0 Å². The SMILES string of the molecule is c1ccc(-c2ccc(-c3ccccc3-c3ccccc3N(c3ccc(-c4cccc5c4oc4ccccc45)cc3)c3cccc4c3oc3ccccc34)c(-c3ccccc3)c2)cc1. The normalized spacial score (nSPS) is 11.5. The van der Waals surface area contributed by atoms with Crippen molar-refractivity contribution in [1.29, 1.82) is 0 Å². The van der Waals surface area contributed by atoms with Crippen LogP contribution in [0.3, 0.4) is 0 Å². The van der Waals surface area contributed by atoms with Crippen LogP contribution in [0.15, 0.2) is 245 Å². The lowest BCUT2D eigenvalue weighted by molar-refractivity contribution is 0.669. The largest absolute Gasteiger partial charge is 0.455 e. The fourth-order valence-electron chi connectivity index (χ4n) is 9.38. The van der Waals surface area contributed by atoms with E-state index in [2.05, 4.69) is 223 Å². The standard InChI is InChI=1S/C60H39NO2/c1-3-17-40(18-4-1)43-35-38-48(54(39-43)41-19-5-2-6-20-41)46-21-7-8-22-47(46)49-23-9-12-29-55(49)61(56-30-16-28-53-51-25-11-14-32-58(51)63-60(53)56)44-36-33-42(34-37-44)45-26-15-27-52-50-24-10-13-31-57(50)62-59(45)52/h1-39H. The van der Waals surface area contributed by atoms with Crippen LogP contribution in [-0.4, -0.2) is 0 Å². The number of benzene rings is 10. The number of para-hydroxylation sites is 5. The van der Waals surface area contributed by atoms with Crippen molar-refractivity contribution in [3.05, 3.63) is 237 Å². The third-order valence-corrected chi connectivity index (χ3v) is 12.3. The first-order valence-corrected chi connectivity index (χ1v) is 21.4. The van der Waals surface area contributed by atoms with Gasteiger partial charge in [0, 0.05) is 38.4 Å². The number of hydrogen-bond donors (Lipinski definition) is 0. The summed E-state index contributed by atoms with van der Waals surface area (Å²) >= 11 is 0. The molecule has 0 spiro atoms. The smallest absolute Gasteiger partial charge is 0.159 e. The third kappa shape index (κ3) is 6.29. The maximum atomic E-state index is 6.77. The van der Waals surface area contributed by atoms with Crippen LogP contribution in [0.25, 0.3) is 99.5 Å². The topological polar surface area (TPSA) is 29.5 Å². The minimum atomic E-state index is 0.834. The third-order valence-electron chi connectivity index (χ3n) is 12.3. The summed E-state index contributed by atoms with van der Waals surface area (Å²) in [7, 11) is 0. The van der Waals surface area contributed by atoms with E-state index < -0.39 is 0 Å².